The van der Waals surface area contributed by atoms with Gasteiger partial charge in [0.15, 0.2) is 0 Å². The molecule has 0 unspecified atom stereocenters. The molecule has 9 heteroatoms. The first-order valence-corrected chi connectivity index (χ1v) is 15.4. The summed E-state index contributed by atoms with van der Waals surface area (Å²) < 4.78 is 0. The van der Waals surface area contributed by atoms with Crippen molar-refractivity contribution >= 4 is 19.4 Å². The number of nitrogens with one attached hydrogen (secondary N) is 1. The normalized spacial score (nSPS) is 9.30. The Hall–Kier alpha value is 2.26. The van der Waals surface area contributed by atoms with Crippen LogP contribution in [0.25, 0.3) is 10.6 Å². The topological polar surface area (TPSA) is 35.9 Å². The van der Waals surface area contributed by atoms with Crippen LogP contribution in [0.1, 0.15) is 27.7 Å². The van der Waals surface area contributed by atoms with Gasteiger partial charge in [0, 0.05) is 0 Å². The van der Waals surface area contributed by atoms with Crippen LogP contribution >= 0.6 is 19.4 Å². The minimum Gasteiger partial charge on any atom is 1.00 e. The van der Waals surface area contributed by atoms with Crippen LogP contribution in [-0.4, -0.2) is 71.4 Å². The van der Waals surface area contributed by atoms with E-state index in [0.717, 1.165) is 26.2 Å². The van der Waals surface area contributed by atoms with Crippen LogP contribution in [0.3, 0.4) is 0 Å². The molecule has 0 bridgehead atoms. The third kappa shape index (κ3) is 59.1. The summed E-state index contributed by atoms with van der Waals surface area (Å²) in [5.41, 5.74) is 0. The SMILES string of the molecule is CC(C)[N-]CCN(C)C.CC(C)[N-]CC[NH+](C)C.[Cl][Zn][Cl].[Li+].[Zn+2]. The maximum absolute atomic E-state index is 4.95. The average molecular weight is 468 g/mol. The fourth-order valence-corrected chi connectivity index (χ4v) is 1.06. The Balaban J connectivity index is -0.0000000746. The molecule has 0 radical (unpaired) electrons. The fourth-order valence-electron chi connectivity index (χ4n) is 1.06. The van der Waals surface area contributed by atoms with E-state index in [-0.39, 0.29) is 38.3 Å². The van der Waals surface area contributed by atoms with Crippen molar-refractivity contribution in [1.29, 1.82) is 0 Å². The predicted octanol–water partition coefficient (Wildman–Crippen LogP) is -0.379. The Morgan fingerprint density at radius 3 is 1.57 bits per heavy atom. The molecule has 0 amide bonds. The minimum absolute atomic E-state index is 0. The summed E-state index contributed by atoms with van der Waals surface area (Å²) in [6.45, 7) is 12.6. The Morgan fingerprint density at radius 2 is 1.30 bits per heavy atom. The molecule has 0 heterocycles. The second-order valence-electron chi connectivity index (χ2n) is 5.86. The van der Waals surface area contributed by atoms with Gasteiger partial charge in [-0.25, -0.2) is 0 Å². The molecule has 0 fully saturated rings. The number of hydrogen-bond donors (Lipinski definition) is 1. The first-order chi connectivity index (χ1) is 9.67. The van der Waals surface area contributed by atoms with E-state index in [4.69, 9.17) is 19.4 Å². The number of hydrogen-bond acceptors (Lipinski definition) is 1. The first kappa shape index (κ1) is 36.2. The second-order valence-corrected chi connectivity index (χ2v) is 10.5. The van der Waals surface area contributed by atoms with Crippen molar-refractivity contribution in [3.05, 3.63) is 10.6 Å². The summed E-state index contributed by atoms with van der Waals surface area (Å²) in [6, 6.07) is 0.995. The Kier molecular flexibility index (Phi) is 45.7. The van der Waals surface area contributed by atoms with Gasteiger partial charge in [0.25, 0.3) is 0 Å². The molecule has 0 saturated carbocycles. The van der Waals surface area contributed by atoms with E-state index in [9.17, 15) is 0 Å². The molecule has 0 atom stereocenters. The van der Waals surface area contributed by atoms with E-state index < -0.39 is 15.1 Å². The number of nitrogens with zero attached hydrogens (tertiary/aromatic N) is 3. The van der Waals surface area contributed by atoms with Gasteiger partial charge in [-0.2, -0.15) is 0 Å². The van der Waals surface area contributed by atoms with Crippen molar-refractivity contribution in [2.75, 3.05) is 54.4 Å². The Morgan fingerprint density at radius 1 is 0.957 bits per heavy atom. The molecule has 0 aliphatic heterocycles. The summed E-state index contributed by atoms with van der Waals surface area (Å²) in [4.78, 5) is 3.62. The van der Waals surface area contributed by atoms with Gasteiger partial charge in [-0.3, -0.25) is 0 Å². The zero-order chi connectivity index (χ0) is 17.3. The van der Waals surface area contributed by atoms with Gasteiger partial charge in [0.05, 0.1) is 20.6 Å². The third-order valence-electron chi connectivity index (χ3n) is 2.15. The monoisotopic (exact) mass is 464 g/mol. The average Bonchev–Trinajstić information content (AvgIpc) is 2.28. The standard InChI is InChI=1S/2C7H17N2.2ClH.Li.2Zn/c2*1-7(2)8-5-6-9(3)4;;;;;/h2*7H,5-6H2,1-4H3;2*1H;;;/q2*-1;;;+1;2*+2/p-1. The molecule has 0 aromatic carbocycles. The van der Waals surface area contributed by atoms with Crippen molar-refractivity contribution < 1.29 is 58.4 Å². The van der Waals surface area contributed by atoms with Gasteiger partial charge >= 0.3 is 72.9 Å². The molecule has 0 rings (SSSR count). The van der Waals surface area contributed by atoms with E-state index in [1.165, 1.54) is 4.90 Å². The predicted molar refractivity (Wildman–Crippen MR) is 94.7 cm³/mol. The van der Waals surface area contributed by atoms with Gasteiger partial charge in [-0.1, -0.05) is 34.2 Å². The first-order valence-electron chi connectivity index (χ1n) is 7.56. The zero-order valence-electron chi connectivity index (χ0n) is 17.0. The minimum atomic E-state index is -0.931. The molecule has 0 aliphatic rings. The molecule has 0 aromatic heterocycles. The summed E-state index contributed by atoms with van der Waals surface area (Å²) in [5.74, 6) is 0. The molecular weight excluding hydrogens is 433 g/mol. The number of rotatable bonds is 8. The summed E-state index contributed by atoms with van der Waals surface area (Å²) in [5, 5.41) is 8.67. The van der Waals surface area contributed by atoms with E-state index in [0.29, 0.717) is 12.1 Å². The van der Waals surface area contributed by atoms with Gasteiger partial charge in [-0.15, -0.1) is 18.6 Å². The molecular formula is C14H35Cl2LiN4Zn2+2. The van der Waals surface area contributed by atoms with Crippen LogP contribution < -0.4 is 23.8 Å². The van der Waals surface area contributed by atoms with E-state index in [1.807, 2.05) is 0 Å². The van der Waals surface area contributed by atoms with Crippen LogP contribution in [0.4, 0.5) is 0 Å². The van der Waals surface area contributed by atoms with Crippen molar-refractivity contribution in [1.82, 2.24) is 4.90 Å². The smallest absolute Gasteiger partial charge is 1.00 e. The van der Waals surface area contributed by atoms with Crippen LogP contribution in [-0.2, 0) is 34.6 Å². The number of quaternary nitrogens is 1. The van der Waals surface area contributed by atoms with E-state index in [2.05, 4.69) is 71.4 Å². The molecule has 0 saturated heterocycles. The van der Waals surface area contributed by atoms with Crippen molar-refractivity contribution in [2.45, 2.75) is 39.8 Å². The molecule has 23 heavy (non-hydrogen) atoms. The van der Waals surface area contributed by atoms with Gasteiger partial charge in [-0.05, 0) is 20.6 Å². The molecule has 0 spiro atoms. The van der Waals surface area contributed by atoms with Crippen molar-refractivity contribution in [3.8, 4) is 0 Å². The van der Waals surface area contributed by atoms with Gasteiger partial charge in [0.2, 0.25) is 0 Å². The van der Waals surface area contributed by atoms with Crippen LogP contribution in [0, 0.1) is 0 Å². The summed E-state index contributed by atoms with van der Waals surface area (Å²) in [7, 11) is 18.3. The van der Waals surface area contributed by atoms with E-state index >= 15 is 0 Å². The quantitative estimate of drug-likeness (QED) is 0.485. The molecule has 0 aromatic rings. The maximum atomic E-state index is 4.95. The number of likely N-dealkylation sites (N-methyl/N-ethyl adjacent to an activating group) is 2. The zero-order valence-corrected chi connectivity index (χ0v) is 24.4. The summed E-state index contributed by atoms with van der Waals surface area (Å²) in [6.07, 6.45) is 0. The van der Waals surface area contributed by atoms with Crippen LogP contribution in [0.5, 0.6) is 0 Å². The van der Waals surface area contributed by atoms with Gasteiger partial charge < -0.3 is 20.4 Å². The third-order valence-corrected chi connectivity index (χ3v) is 2.15. The Labute approximate surface area is 186 Å². The van der Waals surface area contributed by atoms with Crippen molar-refractivity contribution in [3.63, 3.8) is 0 Å². The second kappa shape index (κ2) is 29.0. The molecule has 1 N–H and O–H groups in total. The molecule has 0 aliphatic carbocycles. The van der Waals surface area contributed by atoms with Crippen LogP contribution in [0.2, 0.25) is 0 Å². The van der Waals surface area contributed by atoms with Gasteiger partial charge in [0.1, 0.15) is 0 Å². The van der Waals surface area contributed by atoms with Crippen molar-refractivity contribution in [2.24, 2.45) is 0 Å². The Bertz CT molecular complexity index is 158. The largest absolute Gasteiger partial charge is 2.00 e. The molecule has 4 nitrogen and oxygen atoms in total. The fraction of sp³-hybridized carbons (Fsp3) is 1.00. The molecule has 128 valence electrons. The van der Waals surface area contributed by atoms with E-state index in [1.54, 1.807) is 0 Å². The van der Waals surface area contributed by atoms with Crippen LogP contribution in [0.15, 0.2) is 0 Å². The summed E-state index contributed by atoms with van der Waals surface area (Å²) >= 11 is -0.931. The number of halogens is 2. The maximum Gasteiger partial charge on any atom is 2.00 e.